The van der Waals surface area contributed by atoms with Gasteiger partial charge in [0.05, 0.1) is 6.10 Å². The fourth-order valence-corrected chi connectivity index (χ4v) is 3.13. The van der Waals surface area contributed by atoms with Crippen LogP contribution in [0.2, 0.25) is 0 Å². The van der Waals surface area contributed by atoms with Gasteiger partial charge >= 0.3 is 0 Å². The SMILES string of the molecule is C[C@@H]1CSCN1CCC(O)CN(C)C(C)(C)C. The number of β-amino-alcohol motifs (C(OH)–C–C–N with tert-alkyl or cyclic N) is 1. The minimum atomic E-state index is -0.211. The second-order valence-corrected chi connectivity index (χ2v) is 7.15. The van der Waals surface area contributed by atoms with Crippen LogP contribution in [0.15, 0.2) is 0 Å². The third-order valence-electron chi connectivity index (χ3n) is 3.62. The van der Waals surface area contributed by atoms with Gasteiger partial charge in [-0.3, -0.25) is 9.80 Å². The highest BCUT2D eigenvalue weighted by molar-refractivity contribution is 7.99. The number of nitrogens with zero attached hydrogens (tertiary/aromatic N) is 2. The van der Waals surface area contributed by atoms with Crippen LogP contribution in [-0.2, 0) is 0 Å². The Morgan fingerprint density at radius 1 is 1.47 bits per heavy atom. The van der Waals surface area contributed by atoms with E-state index in [9.17, 15) is 5.11 Å². The average molecular weight is 260 g/mol. The molecule has 0 aromatic carbocycles. The topological polar surface area (TPSA) is 26.7 Å². The minimum absolute atomic E-state index is 0.137. The Morgan fingerprint density at radius 2 is 2.12 bits per heavy atom. The van der Waals surface area contributed by atoms with Crippen LogP contribution in [0.25, 0.3) is 0 Å². The first-order valence-corrected chi connectivity index (χ1v) is 7.67. The minimum Gasteiger partial charge on any atom is -0.392 e. The van der Waals surface area contributed by atoms with Crippen LogP contribution in [0.4, 0.5) is 0 Å². The summed E-state index contributed by atoms with van der Waals surface area (Å²) >= 11 is 1.99. The molecular weight excluding hydrogens is 232 g/mol. The Hall–Kier alpha value is 0.230. The predicted octanol–water partition coefficient (Wildman–Crippen LogP) is 1.86. The number of hydrogen-bond donors (Lipinski definition) is 1. The quantitative estimate of drug-likeness (QED) is 0.816. The second kappa shape index (κ2) is 6.41. The van der Waals surface area contributed by atoms with Crippen molar-refractivity contribution < 1.29 is 5.11 Å². The molecule has 4 heteroatoms. The summed E-state index contributed by atoms with van der Waals surface area (Å²) in [4.78, 5) is 4.69. The number of rotatable bonds is 5. The van der Waals surface area contributed by atoms with Gasteiger partial charge in [0.2, 0.25) is 0 Å². The van der Waals surface area contributed by atoms with Crippen molar-refractivity contribution in [3.05, 3.63) is 0 Å². The van der Waals surface area contributed by atoms with Crippen molar-refractivity contribution in [2.24, 2.45) is 0 Å². The third-order valence-corrected chi connectivity index (χ3v) is 4.85. The average Bonchev–Trinajstić information content (AvgIpc) is 2.59. The molecule has 0 aliphatic carbocycles. The van der Waals surface area contributed by atoms with Crippen LogP contribution in [0.3, 0.4) is 0 Å². The van der Waals surface area contributed by atoms with Crippen LogP contribution in [0.1, 0.15) is 34.1 Å². The van der Waals surface area contributed by atoms with E-state index < -0.39 is 0 Å². The molecule has 1 rings (SSSR count). The molecule has 102 valence electrons. The summed E-state index contributed by atoms with van der Waals surface area (Å²) < 4.78 is 0. The van der Waals surface area contributed by atoms with Crippen LogP contribution < -0.4 is 0 Å². The summed E-state index contributed by atoms with van der Waals surface area (Å²) in [5.74, 6) is 2.36. The van der Waals surface area contributed by atoms with E-state index in [1.165, 1.54) is 5.75 Å². The highest BCUT2D eigenvalue weighted by Gasteiger charge is 2.23. The van der Waals surface area contributed by atoms with Crippen LogP contribution in [-0.4, -0.2) is 64.4 Å². The Kier molecular flexibility index (Phi) is 5.77. The molecule has 0 spiro atoms. The van der Waals surface area contributed by atoms with E-state index in [-0.39, 0.29) is 11.6 Å². The number of hydrogen-bond acceptors (Lipinski definition) is 4. The van der Waals surface area contributed by atoms with E-state index in [0.717, 1.165) is 25.4 Å². The molecular formula is C13H28N2OS. The van der Waals surface area contributed by atoms with Gasteiger partial charge in [-0.25, -0.2) is 0 Å². The lowest BCUT2D eigenvalue weighted by molar-refractivity contribution is 0.0662. The lowest BCUT2D eigenvalue weighted by Crippen LogP contribution is -2.43. The first-order chi connectivity index (χ1) is 7.80. The van der Waals surface area contributed by atoms with Crippen molar-refractivity contribution >= 4 is 11.8 Å². The normalized spacial score (nSPS) is 24.5. The van der Waals surface area contributed by atoms with E-state index in [0.29, 0.717) is 6.04 Å². The van der Waals surface area contributed by atoms with Gasteiger partial charge in [-0.15, -0.1) is 11.8 Å². The van der Waals surface area contributed by atoms with E-state index in [4.69, 9.17) is 0 Å². The molecule has 0 saturated carbocycles. The lowest BCUT2D eigenvalue weighted by atomic mass is 10.1. The van der Waals surface area contributed by atoms with E-state index >= 15 is 0 Å². The molecule has 1 heterocycles. The zero-order chi connectivity index (χ0) is 13.1. The van der Waals surface area contributed by atoms with Crippen LogP contribution in [0, 0.1) is 0 Å². The molecule has 1 N–H and O–H groups in total. The predicted molar refractivity (Wildman–Crippen MR) is 76.5 cm³/mol. The molecule has 1 unspecified atom stereocenters. The highest BCUT2D eigenvalue weighted by atomic mass is 32.2. The Balaban J connectivity index is 2.23. The van der Waals surface area contributed by atoms with E-state index in [1.807, 2.05) is 11.8 Å². The fourth-order valence-electron chi connectivity index (χ4n) is 1.85. The van der Waals surface area contributed by atoms with Crippen LogP contribution >= 0.6 is 11.8 Å². The largest absolute Gasteiger partial charge is 0.392 e. The van der Waals surface area contributed by atoms with Crippen molar-refractivity contribution in [3.8, 4) is 0 Å². The molecule has 3 nitrogen and oxygen atoms in total. The van der Waals surface area contributed by atoms with Gasteiger partial charge < -0.3 is 5.11 Å². The van der Waals surface area contributed by atoms with E-state index in [2.05, 4.69) is 44.5 Å². The van der Waals surface area contributed by atoms with Gasteiger partial charge in [0.15, 0.2) is 0 Å². The molecule has 0 aromatic heterocycles. The maximum Gasteiger partial charge on any atom is 0.0679 e. The summed E-state index contributed by atoms with van der Waals surface area (Å²) in [7, 11) is 2.08. The molecule has 1 aliphatic rings. The van der Waals surface area contributed by atoms with Gasteiger partial charge in [-0.1, -0.05) is 0 Å². The summed E-state index contributed by atoms with van der Waals surface area (Å²) in [5.41, 5.74) is 0.137. The van der Waals surface area contributed by atoms with Crippen LogP contribution in [0.5, 0.6) is 0 Å². The van der Waals surface area contributed by atoms with Gasteiger partial charge in [-0.2, -0.15) is 0 Å². The van der Waals surface area contributed by atoms with Gasteiger partial charge in [0.25, 0.3) is 0 Å². The van der Waals surface area contributed by atoms with Gasteiger partial charge in [0.1, 0.15) is 0 Å². The van der Waals surface area contributed by atoms with Crippen molar-refractivity contribution in [2.75, 3.05) is 31.8 Å². The van der Waals surface area contributed by atoms with E-state index in [1.54, 1.807) is 0 Å². The second-order valence-electron chi connectivity index (χ2n) is 6.16. The number of aliphatic hydroxyl groups excluding tert-OH is 1. The molecule has 1 saturated heterocycles. The molecule has 0 radical (unpaired) electrons. The molecule has 0 bridgehead atoms. The third kappa shape index (κ3) is 5.16. The Morgan fingerprint density at radius 3 is 2.59 bits per heavy atom. The smallest absolute Gasteiger partial charge is 0.0679 e. The first-order valence-electron chi connectivity index (χ1n) is 6.52. The van der Waals surface area contributed by atoms with Crippen molar-refractivity contribution in [1.82, 2.24) is 9.80 Å². The standard InChI is InChI=1S/C13H28N2OS/c1-11-9-17-10-15(11)7-6-12(16)8-14(5)13(2,3)4/h11-12,16H,6-10H2,1-5H3/t11-,12?/m1/s1. The maximum atomic E-state index is 10.1. The lowest BCUT2D eigenvalue weighted by Gasteiger charge is -2.33. The summed E-state index contributed by atoms with van der Waals surface area (Å²) in [6, 6.07) is 0.674. The van der Waals surface area contributed by atoms with Crippen molar-refractivity contribution in [3.63, 3.8) is 0 Å². The number of aliphatic hydroxyl groups is 1. The first kappa shape index (κ1) is 15.3. The molecule has 1 fully saturated rings. The highest BCUT2D eigenvalue weighted by Crippen LogP contribution is 2.20. The number of likely N-dealkylation sites (N-methyl/N-ethyl adjacent to an activating group) is 1. The zero-order valence-corrected chi connectivity index (χ0v) is 12.8. The van der Waals surface area contributed by atoms with Crippen molar-refractivity contribution in [1.29, 1.82) is 0 Å². The molecule has 0 aromatic rings. The Labute approximate surface area is 111 Å². The molecule has 17 heavy (non-hydrogen) atoms. The van der Waals surface area contributed by atoms with Gasteiger partial charge in [-0.05, 0) is 41.2 Å². The zero-order valence-electron chi connectivity index (χ0n) is 11.9. The van der Waals surface area contributed by atoms with Crippen molar-refractivity contribution in [2.45, 2.75) is 51.8 Å². The Bertz CT molecular complexity index is 230. The monoisotopic (exact) mass is 260 g/mol. The molecule has 2 atom stereocenters. The maximum absolute atomic E-state index is 10.1. The molecule has 1 aliphatic heterocycles. The summed E-state index contributed by atoms with van der Waals surface area (Å²) in [5, 5.41) is 10.1. The van der Waals surface area contributed by atoms with Gasteiger partial charge in [0, 0.05) is 36.3 Å². The molecule has 0 amide bonds. The fraction of sp³-hybridized carbons (Fsp3) is 1.00. The summed E-state index contributed by atoms with van der Waals surface area (Å²) in [6.45, 7) is 10.6. The number of thioether (sulfide) groups is 1. The summed E-state index contributed by atoms with van der Waals surface area (Å²) in [6.07, 6.45) is 0.669.